The number of carbonyl (C=O) groups excluding carboxylic acids is 2. The first-order chi connectivity index (χ1) is 9.95. The second kappa shape index (κ2) is 6.89. The number of aromatic nitrogens is 1. The molecule has 0 unspecified atom stereocenters. The van der Waals surface area contributed by atoms with E-state index in [0.717, 1.165) is 30.6 Å². The average molecular weight is 310 g/mol. The van der Waals surface area contributed by atoms with E-state index in [-0.39, 0.29) is 17.7 Å². The number of hydrogen-bond acceptors (Lipinski definition) is 3. The number of aryl methyl sites for hydroxylation is 1. The lowest BCUT2D eigenvalue weighted by Gasteiger charge is -2.31. The number of pyridine rings is 1. The lowest BCUT2D eigenvalue weighted by atomic mass is 9.97. The van der Waals surface area contributed by atoms with Crippen LogP contribution in [-0.4, -0.2) is 34.8 Å². The average Bonchev–Trinajstić information content (AvgIpc) is 2.44. The predicted octanol–water partition coefficient (Wildman–Crippen LogP) is 1.92. The molecular formula is C15H20ClN3O2. The van der Waals surface area contributed by atoms with Gasteiger partial charge in [0.25, 0.3) is 0 Å². The third kappa shape index (κ3) is 4.43. The van der Waals surface area contributed by atoms with E-state index >= 15 is 0 Å². The van der Waals surface area contributed by atoms with Crippen molar-refractivity contribution in [2.75, 3.05) is 13.1 Å². The molecule has 6 heteroatoms. The number of amides is 2. The smallest absolute Gasteiger partial charge is 0.225 e. The van der Waals surface area contributed by atoms with Gasteiger partial charge in [0.2, 0.25) is 11.8 Å². The molecule has 0 aliphatic carbocycles. The SMILES string of the molecule is CC(=O)N1CCC[C@H](C(=O)NCc2cc(C)cc(Cl)n2)C1. The number of halogens is 1. The molecule has 1 aromatic heterocycles. The van der Waals surface area contributed by atoms with Crippen LogP contribution < -0.4 is 5.32 Å². The van der Waals surface area contributed by atoms with Crippen LogP contribution in [0.4, 0.5) is 0 Å². The number of nitrogens with one attached hydrogen (secondary N) is 1. The first kappa shape index (κ1) is 15.8. The predicted molar refractivity (Wildman–Crippen MR) is 80.8 cm³/mol. The zero-order chi connectivity index (χ0) is 15.4. The van der Waals surface area contributed by atoms with Crippen LogP contribution in [-0.2, 0) is 16.1 Å². The van der Waals surface area contributed by atoms with Gasteiger partial charge in [-0.25, -0.2) is 4.98 Å². The first-order valence-electron chi connectivity index (χ1n) is 7.12. The van der Waals surface area contributed by atoms with Crippen LogP contribution in [0.1, 0.15) is 31.0 Å². The molecule has 5 nitrogen and oxygen atoms in total. The summed E-state index contributed by atoms with van der Waals surface area (Å²) in [6.45, 7) is 5.08. The van der Waals surface area contributed by atoms with Crippen molar-refractivity contribution in [2.45, 2.75) is 33.2 Å². The molecule has 1 aliphatic rings. The third-order valence-corrected chi connectivity index (χ3v) is 3.87. The van der Waals surface area contributed by atoms with Gasteiger partial charge in [0.15, 0.2) is 0 Å². The molecule has 0 saturated carbocycles. The third-order valence-electron chi connectivity index (χ3n) is 3.67. The van der Waals surface area contributed by atoms with E-state index in [0.29, 0.717) is 18.2 Å². The molecule has 0 aromatic carbocycles. The number of piperidine rings is 1. The Bertz CT molecular complexity index is 527. The highest BCUT2D eigenvalue weighted by atomic mass is 35.5. The van der Waals surface area contributed by atoms with Gasteiger partial charge in [-0.3, -0.25) is 9.59 Å². The minimum absolute atomic E-state index is 0.0274. The molecule has 1 fully saturated rings. The Morgan fingerprint density at radius 2 is 2.24 bits per heavy atom. The van der Waals surface area contributed by atoms with E-state index in [1.165, 1.54) is 0 Å². The Balaban J connectivity index is 1.90. The minimum atomic E-state index is -0.136. The Hall–Kier alpha value is -1.62. The van der Waals surface area contributed by atoms with Gasteiger partial charge in [-0.15, -0.1) is 0 Å². The maximum Gasteiger partial charge on any atom is 0.225 e. The largest absolute Gasteiger partial charge is 0.350 e. The van der Waals surface area contributed by atoms with Gasteiger partial charge < -0.3 is 10.2 Å². The molecule has 1 atom stereocenters. The number of hydrogen-bond donors (Lipinski definition) is 1. The van der Waals surface area contributed by atoms with Crippen LogP contribution in [0.25, 0.3) is 0 Å². The zero-order valence-corrected chi connectivity index (χ0v) is 13.1. The fraction of sp³-hybridized carbons (Fsp3) is 0.533. The van der Waals surface area contributed by atoms with Gasteiger partial charge in [-0.1, -0.05) is 11.6 Å². The Morgan fingerprint density at radius 3 is 2.90 bits per heavy atom. The maximum absolute atomic E-state index is 12.2. The molecule has 1 N–H and O–H groups in total. The quantitative estimate of drug-likeness (QED) is 0.868. The summed E-state index contributed by atoms with van der Waals surface area (Å²) < 4.78 is 0. The molecule has 1 aromatic rings. The summed E-state index contributed by atoms with van der Waals surface area (Å²) in [5.41, 5.74) is 1.76. The van der Waals surface area contributed by atoms with Crippen LogP contribution in [0, 0.1) is 12.8 Å². The second-order valence-electron chi connectivity index (χ2n) is 5.48. The van der Waals surface area contributed by atoms with Crippen molar-refractivity contribution in [1.29, 1.82) is 0 Å². The van der Waals surface area contributed by atoms with Gasteiger partial charge in [0, 0.05) is 20.0 Å². The van der Waals surface area contributed by atoms with Gasteiger partial charge in [0.05, 0.1) is 18.2 Å². The van der Waals surface area contributed by atoms with Crippen LogP contribution in [0.2, 0.25) is 5.15 Å². The molecule has 21 heavy (non-hydrogen) atoms. The van der Waals surface area contributed by atoms with Crippen molar-refractivity contribution in [3.63, 3.8) is 0 Å². The van der Waals surface area contributed by atoms with Crippen molar-refractivity contribution in [3.05, 3.63) is 28.5 Å². The topological polar surface area (TPSA) is 62.3 Å². The molecule has 2 amide bonds. The van der Waals surface area contributed by atoms with Crippen LogP contribution in [0.15, 0.2) is 12.1 Å². The first-order valence-corrected chi connectivity index (χ1v) is 7.50. The summed E-state index contributed by atoms with van der Waals surface area (Å²) in [6.07, 6.45) is 1.68. The maximum atomic E-state index is 12.2. The summed E-state index contributed by atoms with van der Waals surface area (Å²) in [4.78, 5) is 29.5. The summed E-state index contributed by atoms with van der Waals surface area (Å²) >= 11 is 5.90. The van der Waals surface area contributed by atoms with Crippen molar-refractivity contribution in [1.82, 2.24) is 15.2 Å². The molecule has 114 valence electrons. The number of rotatable bonds is 3. The highest BCUT2D eigenvalue weighted by Gasteiger charge is 2.26. The summed E-state index contributed by atoms with van der Waals surface area (Å²) in [5.74, 6) is -0.136. The van der Waals surface area contributed by atoms with E-state index < -0.39 is 0 Å². The van der Waals surface area contributed by atoms with E-state index in [2.05, 4.69) is 10.3 Å². The lowest BCUT2D eigenvalue weighted by molar-refractivity contribution is -0.134. The molecule has 1 saturated heterocycles. The molecule has 0 radical (unpaired) electrons. The molecule has 2 rings (SSSR count). The molecule has 0 bridgehead atoms. The Labute approximate surface area is 129 Å². The zero-order valence-electron chi connectivity index (χ0n) is 12.4. The fourth-order valence-corrected chi connectivity index (χ4v) is 2.86. The Morgan fingerprint density at radius 1 is 1.48 bits per heavy atom. The summed E-state index contributed by atoms with van der Waals surface area (Å²) in [5, 5.41) is 3.31. The number of nitrogens with zero attached hydrogens (tertiary/aromatic N) is 2. The van der Waals surface area contributed by atoms with Gasteiger partial charge in [-0.05, 0) is 37.5 Å². The molecule has 2 heterocycles. The van der Waals surface area contributed by atoms with Gasteiger partial charge in [0.1, 0.15) is 5.15 Å². The molecular weight excluding hydrogens is 290 g/mol. The highest BCUT2D eigenvalue weighted by Crippen LogP contribution is 2.17. The van der Waals surface area contributed by atoms with Crippen molar-refractivity contribution >= 4 is 23.4 Å². The lowest BCUT2D eigenvalue weighted by Crippen LogP contribution is -2.44. The second-order valence-corrected chi connectivity index (χ2v) is 5.87. The number of carbonyl (C=O) groups is 2. The highest BCUT2D eigenvalue weighted by molar-refractivity contribution is 6.29. The summed E-state index contributed by atoms with van der Waals surface area (Å²) in [6, 6.07) is 3.67. The summed E-state index contributed by atoms with van der Waals surface area (Å²) in [7, 11) is 0. The van der Waals surface area contributed by atoms with Crippen LogP contribution in [0.3, 0.4) is 0 Å². The van der Waals surface area contributed by atoms with Gasteiger partial charge >= 0.3 is 0 Å². The van der Waals surface area contributed by atoms with Crippen molar-refractivity contribution in [3.8, 4) is 0 Å². The Kier molecular flexibility index (Phi) is 5.17. The number of likely N-dealkylation sites (tertiary alicyclic amines) is 1. The van der Waals surface area contributed by atoms with Crippen molar-refractivity contribution in [2.24, 2.45) is 5.92 Å². The molecule has 0 spiro atoms. The standard InChI is InChI=1S/C15H20ClN3O2/c1-10-6-13(18-14(16)7-10)8-17-15(21)12-4-3-5-19(9-12)11(2)20/h6-7,12H,3-5,8-9H2,1-2H3,(H,17,21)/t12-/m0/s1. The normalized spacial score (nSPS) is 18.4. The van der Waals surface area contributed by atoms with E-state index in [4.69, 9.17) is 11.6 Å². The van der Waals surface area contributed by atoms with E-state index in [1.807, 2.05) is 13.0 Å². The molecule has 1 aliphatic heterocycles. The minimum Gasteiger partial charge on any atom is -0.350 e. The van der Waals surface area contributed by atoms with E-state index in [1.54, 1.807) is 17.9 Å². The van der Waals surface area contributed by atoms with Crippen molar-refractivity contribution < 1.29 is 9.59 Å². The van der Waals surface area contributed by atoms with E-state index in [9.17, 15) is 9.59 Å². The van der Waals surface area contributed by atoms with Gasteiger partial charge in [-0.2, -0.15) is 0 Å². The fourth-order valence-electron chi connectivity index (χ4n) is 2.58. The van der Waals surface area contributed by atoms with Crippen LogP contribution >= 0.6 is 11.6 Å². The van der Waals surface area contributed by atoms with Crippen LogP contribution in [0.5, 0.6) is 0 Å². The monoisotopic (exact) mass is 309 g/mol.